The number of nitrogens with zero attached hydrogens (tertiary/aromatic N) is 1. The van der Waals surface area contributed by atoms with Gasteiger partial charge in [0, 0.05) is 11.1 Å². The first-order valence-corrected chi connectivity index (χ1v) is 7.27. The van der Waals surface area contributed by atoms with Gasteiger partial charge in [-0.2, -0.15) is 0 Å². The summed E-state index contributed by atoms with van der Waals surface area (Å²) in [6.45, 7) is 4.26. The maximum absolute atomic E-state index is 4.54. The fraction of sp³-hybridized carbons (Fsp3) is 0.308. The van der Waals surface area contributed by atoms with Crippen molar-refractivity contribution < 1.29 is 0 Å². The van der Waals surface area contributed by atoms with Crippen LogP contribution in [0.2, 0.25) is 0 Å². The van der Waals surface area contributed by atoms with Crippen molar-refractivity contribution in [2.45, 2.75) is 30.4 Å². The van der Waals surface area contributed by atoms with E-state index < -0.39 is 0 Å². The summed E-state index contributed by atoms with van der Waals surface area (Å²) in [4.78, 5) is 4.54. The second kappa shape index (κ2) is 5.51. The van der Waals surface area contributed by atoms with E-state index in [1.54, 1.807) is 11.3 Å². The third-order valence-electron chi connectivity index (χ3n) is 2.38. The minimum Gasteiger partial charge on any atom is -0.235 e. The Morgan fingerprint density at radius 1 is 1.25 bits per heavy atom. The maximum Gasteiger partial charge on any atom is 0.150 e. The van der Waals surface area contributed by atoms with E-state index in [2.05, 4.69) is 48.5 Å². The summed E-state index contributed by atoms with van der Waals surface area (Å²) in [6.07, 6.45) is 1.03. The van der Waals surface area contributed by atoms with Crippen molar-refractivity contribution in [1.82, 2.24) is 4.98 Å². The molecule has 0 saturated carbocycles. The first-order chi connectivity index (χ1) is 7.78. The Bertz CT molecular complexity index is 445. The minimum atomic E-state index is 1.01. The van der Waals surface area contributed by atoms with Gasteiger partial charge in [0.1, 0.15) is 4.34 Å². The van der Waals surface area contributed by atoms with E-state index in [4.69, 9.17) is 0 Å². The molecule has 1 heterocycles. The average molecular weight is 249 g/mol. The van der Waals surface area contributed by atoms with Gasteiger partial charge in [-0.15, -0.1) is 11.3 Å². The molecule has 16 heavy (non-hydrogen) atoms. The van der Waals surface area contributed by atoms with Crippen molar-refractivity contribution in [3.8, 4) is 0 Å². The van der Waals surface area contributed by atoms with E-state index in [9.17, 15) is 0 Å². The Morgan fingerprint density at radius 2 is 2.00 bits per heavy atom. The van der Waals surface area contributed by atoms with Crippen LogP contribution in [0.25, 0.3) is 0 Å². The first kappa shape index (κ1) is 11.7. The van der Waals surface area contributed by atoms with Gasteiger partial charge in [-0.3, -0.25) is 0 Å². The van der Waals surface area contributed by atoms with Gasteiger partial charge in [0.15, 0.2) is 0 Å². The number of thioether (sulfide) groups is 1. The third-order valence-corrected chi connectivity index (χ3v) is 4.52. The van der Waals surface area contributed by atoms with E-state index in [1.165, 1.54) is 21.2 Å². The molecule has 0 N–H and O–H groups in total. The summed E-state index contributed by atoms with van der Waals surface area (Å²) < 4.78 is 1.18. The van der Waals surface area contributed by atoms with E-state index in [1.807, 2.05) is 11.8 Å². The smallest absolute Gasteiger partial charge is 0.150 e. The van der Waals surface area contributed by atoms with Crippen LogP contribution in [0.15, 0.2) is 34.0 Å². The van der Waals surface area contributed by atoms with Crippen molar-refractivity contribution in [1.29, 1.82) is 0 Å². The van der Waals surface area contributed by atoms with Crippen LogP contribution in [-0.4, -0.2) is 4.98 Å². The zero-order valence-corrected chi connectivity index (χ0v) is 11.2. The fourth-order valence-electron chi connectivity index (χ4n) is 1.35. The highest BCUT2D eigenvalue weighted by Gasteiger charge is 2.01. The highest BCUT2D eigenvalue weighted by molar-refractivity contribution is 8.00. The Balaban J connectivity index is 1.94. The normalized spacial score (nSPS) is 10.6. The summed E-state index contributed by atoms with van der Waals surface area (Å²) in [5.41, 5.74) is 3.89. The lowest BCUT2D eigenvalue weighted by Crippen LogP contribution is -1.82. The largest absolute Gasteiger partial charge is 0.235 e. The summed E-state index contributed by atoms with van der Waals surface area (Å²) in [7, 11) is 0. The van der Waals surface area contributed by atoms with Crippen LogP contribution in [0.3, 0.4) is 0 Å². The summed E-state index contributed by atoms with van der Waals surface area (Å²) in [5, 5.41) is 2.15. The van der Waals surface area contributed by atoms with Crippen LogP contribution >= 0.6 is 23.1 Å². The highest BCUT2D eigenvalue weighted by atomic mass is 32.2. The number of hydrogen-bond donors (Lipinski definition) is 0. The molecule has 0 unspecified atom stereocenters. The predicted octanol–water partition coefficient (Wildman–Crippen LogP) is 4.31. The zero-order chi connectivity index (χ0) is 11.4. The molecule has 0 fully saturated rings. The van der Waals surface area contributed by atoms with Crippen LogP contribution in [0, 0.1) is 6.92 Å². The monoisotopic (exact) mass is 249 g/mol. The molecule has 0 saturated heterocycles. The lowest BCUT2D eigenvalue weighted by molar-refractivity contribution is 1.02. The Morgan fingerprint density at radius 3 is 2.62 bits per heavy atom. The molecule has 0 bridgehead atoms. The van der Waals surface area contributed by atoms with Gasteiger partial charge >= 0.3 is 0 Å². The van der Waals surface area contributed by atoms with Gasteiger partial charge in [-0.05, 0) is 18.9 Å². The number of aromatic nitrogens is 1. The predicted molar refractivity (Wildman–Crippen MR) is 72.2 cm³/mol. The standard InChI is InChI=1S/C13H15NS2/c1-3-12-9-16-13(14-12)15-8-11-6-4-10(2)5-7-11/h4-7,9H,3,8H2,1-2H3. The number of thiazole rings is 1. The minimum absolute atomic E-state index is 1.01. The molecule has 3 heteroatoms. The SMILES string of the molecule is CCc1csc(SCc2ccc(C)cc2)n1. The van der Waals surface area contributed by atoms with Gasteiger partial charge in [0.2, 0.25) is 0 Å². The topological polar surface area (TPSA) is 12.9 Å². The van der Waals surface area contributed by atoms with Crippen LogP contribution < -0.4 is 0 Å². The molecule has 1 aromatic carbocycles. The summed E-state index contributed by atoms with van der Waals surface area (Å²) in [5.74, 6) is 1.01. The second-order valence-electron chi connectivity index (χ2n) is 3.73. The number of rotatable bonds is 4. The second-order valence-corrected chi connectivity index (χ2v) is 5.81. The van der Waals surface area contributed by atoms with Crippen molar-refractivity contribution in [3.05, 3.63) is 46.5 Å². The van der Waals surface area contributed by atoms with Gasteiger partial charge in [-0.25, -0.2) is 4.98 Å². The maximum atomic E-state index is 4.54. The fourth-order valence-corrected chi connectivity index (χ4v) is 3.23. The molecular formula is C13H15NS2. The average Bonchev–Trinajstić information content (AvgIpc) is 2.76. The highest BCUT2D eigenvalue weighted by Crippen LogP contribution is 2.26. The molecule has 1 aromatic heterocycles. The zero-order valence-electron chi connectivity index (χ0n) is 9.56. The van der Waals surface area contributed by atoms with E-state index in [0.29, 0.717) is 0 Å². The van der Waals surface area contributed by atoms with Gasteiger partial charge in [-0.1, -0.05) is 48.5 Å². The van der Waals surface area contributed by atoms with Crippen molar-refractivity contribution in [2.75, 3.05) is 0 Å². The molecule has 2 aromatic rings. The van der Waals surface area contributed by atoms with E-state index >= 15 is 0 Å². The molecule has 84 valence electrons. The van der Waals surface area contributed by atoms with Gasteiger partial charge in [0.25, 0.3) is 0 Å². The van der Waals surface area contributed by atoms with E-state index in [0.717, 1.165) is 12.2 Å². The Kier molecular flexibility index (Phi) is 4.02. The van der Waals surface area contributed by atoms with Gasteiger partial charge < -0.3 is 0 Å². The van der Waals surface area contributed by atoms with Gasteiger partial charge in [0.05, 0.1) is 5.69 Å². The molecule has 0 spiro atoms. The number of aryl methyl sites for hydroxylation is 2. The van der Waals surface area contributed by atoms with Crippen LogP contribution in [0.5, 0.6) is 0 Å². The molecule has 0 aliphatic rings. The van der Waals surface area contributed by atoms with Crippen molar-refractivity contribution in [3.63, 3.8) is 0 Å². The lowest BCUT2D eigenvalue weighted by Gasteiger charge is -1.99. The number of benzene rings is 1. The summed E-state index contributed by atoms with van der Waals surface area (Å²) >= 11 is 3.57. The first-order valence-electron chi connectivity index (χ1n) is 5.40. The molecule has 0 radical (unpaired) electrons. The van der Waals surface area contributed by atoms with E-state index in [-0.39, 0.29) is 0 Å². The third kappa shape index (κ3) is 3.09. The molecule has 0 aliphatic carbocycles. The van der Waals surface area contributed by atoms with Crippen LogP contribution in [0.1, 0.15) is 23.7 Å². The van der Waals surface area contributed by atoms with Crippen molar-refractivity contribution >= 4 is 23.1 Å². The molecule has 0 atom stereocenters. The number of hydrogen-bond acceptors (Lipinski definition) is 3. The molecule has 2 rings (SSSR count). The molecule has 1 nitrogen and oxygen atoms in total. The summed E-state index contributed by atoms with van der Waals surface area (Å²) in [6, 6.07) is 8.71. The lowest BCUT2D eigenvalue weighted by atomic mass is 10.2. The molecule has 0 aliphatic heterocycles. The quantitative estimate of drug-likeness (QED) is 0.749. The van der Waals surface area contributed by atoms with Crippen LogP contribution in [0.4, 0.5) is 0 Å². The van der Waals surface area contributed by atoms with Crippen LogP contribution in [-0.2, 0) is 12.2 Å². The molecular weight excluding hydrogens is 234 g/mol. The Hall–Kier alpha value is -0.800. The van der Waals surface area contributed by atoms with Crippen molar-refractivity contribution in [2.24, 2.45) is 0 Å². The molecule has 0 amide bonds. The Labute approximate surface area is 105 Å².